The van der Waals surface area contributed by atoms with Gasteiger partial charge in [-0.15, -0.1) is 0 Å². The monoisotopic (exact) mass is 530 g/mol. The first-order valence-electron chi connectivity index (χ1n) is 14.3. The van der Waals surface area contributed by atoms with Gasteiger partial charge in [0, 0.05) is 16.5 Å². The van der Waals surface area contributed by atoms with Crippen LogP contribution >= 0.6 is 0 Å². The van der Waals surface area contributed by atoms with Crippen molar-refractivity contribution in [2.45, 2.75) is 110 Å². The molecule has 0 amide bonds. The third kappa shape index (κ3) is 15.2. The number of unbranched alkanes of at least 4 members (excludes halogenated alkanes) is 12. The molecule has 36 heavy (non-hydrogen) atoms. The van der Waals surface area contributed by atoms with E-state index in [1.165, 1.54) is 77.0 Å². The first-order chi connectivity index (χ1) is 17.3. The molecule has 0 spiro atoms. The molecule has 2 nitrogen and oxygen atoms in total. The van der Waals surface area contributed by atoms with E-state index in [2.05, 4.69) is 74.5 Å². The zero-order valence-corrected chi connectivity index (χ0v) is 23.7. The van der Waals surface area contributed by atoms with Gasteiger partial charge in [-0.3, -0.25) is 4.99 Å². The number of para-hydroxylation sites is 2. The van der Waals surface area contributed by atoms with Crippen LogP contribution in [0.4, 0.5) is 11.4 Å². The number of benzene rings is 2. The maximum absolute atomic E-state index is 5.04. The number of allylic oxidation sites excluding steroid dienone is 2. The number of rotatable bonds is 19. The zero-order valence-electron chi connectivity index (χ0n) is 22.7. The molecule has 0 saturated heterocycles. The van der Waals surface area contributed by atoms with E-state index in [1.807, 2.05) is 12.1 Å². The van der Waals surface area contributed by atoms with Crippen LogP contribution in [0.2, 0.25) is 0 Å². The molecule has 0 aliphatic heterocycles. The van der Waals surface area contributed by atoms with Crippen LogP contribution in [-0.4, -0.2) is 11.4 Å². The Morgan fingerprint density at radius 1 is 0.583 bits per heavy atom. The number of nitrogens with zero attached hydrogens (tertiary/aromatic N) is 2. The van der Waals surface area contributed by atoms with E-state index in [1.54, 1.807) is 0 Å². The van der Waals surface area contributed by atoms with E-state index in [4.69, 9.17) is 9.98 Å². The molecule has 0 unspecified atom stereocenters. The molecular weight excluding hydrogens is 483 g/mol. The van der Waals surface area contributed by atoms with Crippen LogP contribution in [-0.2, 0) is 16.5 Å². The Labute approximate surface area is 231 Å². The van der Waals surface area contributed by atoms with Crippen molar-refractivity contribution in [2.24, 2.45) is 9.98 Å². The SMILES string of the molecule is CCCCCCCCCCCC/C=C/C(=Nc1ccccc1)C(CCCCC)=Nc1ccccc1.[Ni]. The minimum atomic E-state index is 0. The largest absolute Gasteiger partial charge is 0.251 e. The van der Waals surface area contributed by atoms with Crippen LogP contribution in [0.1, 0.15) is 110 Å². The fraction of sp³-hybridized carbons (Fsp3) is 0.515. The van der Waals surface area contributed by atoms with E-state index in [0.29, 0.717) is 0 Å². The predicted octanol–water partition coefficient (Wildman–Crippen LogP) is 11.0. The van der Waals surface area contributed by atoms with Gasteiger partial charge in [-0.25, -0.2) is 4.99 Å². The predicted molar refractivity (Wildman–Crippen MR) is 157 cm³/mol. The van der Waals surface area contributed by atoms with Crippen molar-refractivity contribution in [3.05, 3.63) is 72.8 Å². The molecule has 0 aromatic heterocycles. The topological polar surface area (TPSA) is 24.7 Å². The number of hydrogen-bond acceptors (Lipinski definition) is 2. The molecule has 0 aliphatic carbocycles. The standard InChI is InChI=1S/C33H48N2.Ni/c1-3-5-7-8-9-10-11-12-13-14-15-23-29-33(35-31-26-21-17-22-27-31)32(28-18-6-4-2)34-30-24-19-16-20-25-30;/h16-17,19-27,29H,3-15,18,28H2,1-2H3;/b29-23+,34-32?,35-33?;. The quantitative estimate of drug-likeness (QED) is 0.0979. The van der Waals surface area contributed by atoms with Gasteiger partial charge in [-0.2, -0.15) is 0 Å². The summed E-state index contributed by atoms with van der Waals surface area (Å²) in [5.41, 5.74) is 4.08. The molecule has 2 aromatic rings. The van der Waals surface area contributed by atoms with E-state index in [-0.39, 0.29) is 16.5 Å². The Morgan fingerprint density at radius 2 is 1.06 bits per heavy atom. The summed E-state index contributed by atoms with van der Waals surface area (Å²) >= 11 is 0. The van der Waals surface area contributed by atoms with Gasteiger partial charge in [0.05, 0.1) is 22.8 Å². The molecule has 2 aromatic carbocycles. The molecule has 0 N–H and O–H groups in total. The van der Waals surface area contributed by atoms with E-state index < -0.39 is 0 Å². The maximum atomic E-state index is 5.04. The summed E-state index contributed by atoms with van der Waals surface area (Å²) in [7, 11) is 0. The summed E-state index contributed by atoms with van der Waals surface area (Å²) in [5, 5.41) is 0. The average molecular weight is 531 g/mol. The smallest absolute Gasteiger partial charge is 0.0848 e. The summed E-state index contributed by atoms with van der Waals surface area (Å²) in [6.07, 6.45) is 23.9. The van der Waals surface area contributed by atoms with Gasteiger partial charge < -0.3 is 0 Å². The van der Waals surface area contributed by atoms with Gasteiger partial charge >= 0.3 is 0 Å². The summed E-state index contributed by atoms with van der Waals surface area (Å²) in [4.78, 5) is 10.1. The molecule has 200 valence electrons. The van der Waals surface area contributed by atoms with Gasteiger partial charge in [-0.1, -0.05) is 127 Å². The number of aliphatic imine (C=N–C) groups is 2. The Balaban J connectivity index is 0.00000648. The van der Waals surface area contributed by atoms with Crippen molar-refractivity contribution in [3.8, 4) is 0 Å². The molecule has 0 atom stereocenters. The molecule has 0 fully saturated rings. The van der Waals surface area contributed by atoms with Gasteiger partial charge in [-0.05, 0) is 56.0 Å². The van der Waals surface area contributed by atoms with Gasteiger partial charge in [0.25, 0.3) is 0 Å². The summed E-state index contributed by atoms with van der Waals surface area (Å²) in [5.74, 6) is 0. The zero-order chi connectivity index (χ0) is 24.8. The van der Waals surface area contributed by atoms with E-state index in [0.717, 1.165) is 42.1 Å². The van der Waals surface area contributed by atoms with Crippen molar-refractivity contribution >= 4 is 22.8 Å². The van der Waals surface area contributed by atoms with Crippen LogP contribution in [0.3, 0.4) is 0 Å². The Bertz CT molecular complexity index is 856. The molecule has 0 bridgehead atoms. The van der Waals surface area contributed by atoms with Crippen molar-refractivity contribution in [3.63, 3.8) is 0 Å². The first-order valence-corrected chi connectivity index (χ1v) is 14.3. The summed E-state index contributed by atoms with van der Waals surface area (Å²) < 4.78 is 0. The fourth-order valence-corrected chi connectivity index (χ4v) is 4.23. The Hall–Kier alpha value is -1.99. The molecule has 3 heteroatoms. The van der Waals surface area contributed by atoms with Crippen molar-refractivity contribution in [2.75, 3.05) is 0 Å². The van der Waals surface area contributed by atoms with Crippen molar-refractivity contribution < 1.29 is 16.5 Å². The van der Waals surface area contributed by atoms with Gasteiger partial charge in [0.15, 0.2) is 0 Å². The molecule has 2 rings (SSSR count). The summed E-state index contributed by atoms with van der Waals surface area (Å²) in [6, 6.07) is 20.6. The second kappa shape index (κ2) is 22.2. The van der Waals surface area contributed by atoms with E-state index in [9.17, 15) is 0 Å². The van der Waals surface area contributed by atoms with Gasteiger partial charge in [0.2, 0.25) is 0 Å². The normalized spacial score (nSPS) is 12.2. The van der Waals surface area contributed by atoms with Crippen LogP contribution in [0.15, 0.2) is 82.8 Å². The molecule has 0 radical (unpaired) electrons. The van der Waals surface area contributed by atoms with Crippen LogP contribution in [0.25, 0.3) is 0 Å². The second-order valence-electron chi connectivity index (χ2n) is 9.56. The fourth-order valence-electron chi connectivity index (χ4n) is 4.23. The van der Waals surface area contributed by atoms with Gasteiger partial charge in [0.1, 0.15) is 0 Å². The second-order valence-corrected chi connectivity index (χ2v) is 9.56. The summed E-state index contributed by atoms with van der Waals surface area (Å²) in [6.45, 7) is 4.54. The molecule has 0 heterocycles. The molecular formula is C33H48N2Ni. The molecule has 0 saturated carbocycles. The Kier molecular flexibility index (Phi) is 19.8. The minimum Gasteiger partial charge on any atom is -0.251 e. The third-order valence-electron chi connectivity index (χ3n) is 6.34. The third-order valence-corrected chi connectivity index (χ3v) is 6.34. The maximum Gasteiger partial charge on any atom is 0.0848 e. The van der Waals surface area contributed by atoms with Crippen LogP contribution in [0, 0.1) is 0 Å². The number of hydrogen-bond donors (Lipinski definition) is 0. The first kappa shape index (κ1) is 32.0. The van der Waals surface area contributed by atoms with Crippen LogP contribution in [0.5, 0.6) is 0 Å². The Morgan fingerprint density at radius 3 is 1.61 bits per heavy atom. The minimum absolute atomic E-state index is 0. The van der Waals surface area contributed by atoms with E-state index >= 15 is 0 Å². The average Bonchev–Trinajstić information content (AvgIpc) is 2.89. The molecule has 0 aliphatic rings. The van der Waals surface area contributed by atoms with Crippen LogP contribution < -0.4 is 0 Å². The van der Waals surface area contributed by atoms with Crippen molar-refractivity contribution in [1.82, 2.24) is 0 Å². The van der Waals surface area contributed by atoms with Crippen molar-refractivity contribution in [1.29, 1.82) is 0 Å².